The summed E-state index contributed by atoms with van der Waals surface area (Å²) in [6.45, 7) is 0.783. The first kappa shape index (κ1) is 10.3. The molecule has 0 saturated carbocycles. The molecule has 0 aliphatic rings. The molecule has 0 rings (SSSR count). The first-order valence-electron chi connectivity index (χ1n) is 3.46. The minimum Gasteiger partial charge on any atom is -0.371 e. The molecule has 0 fully saturated rings. The maximum atomic E-state index is 10.7. The lowest BCUT2D eigenvalue weighted by molar-refractivity contribution is -0.121. The second kappa shape index (κ2) is 7.46. The molecule has 0 aromatic carbocycles. The first-order chi connectivity index (χ1) is 5.31. The fourth-order valence-electron chi connectivity index (χ4n) is 0.547. The van der Waals surface area contributed by atoms with Crippen molar-refractivity contribution in [3.8, 4) is 0 Å². The molecular formula is C6H14N2O3. The van der Waals surface area contributed by atoms with Crippen LogP contribution in [0.15, 0.2) is 0 Å². The molecule has 0 bridgehead atoms. The van der Waals surface area contributed by atoms with Gasteiger partial charge in [-0.05, 0) is 0 Å². The van der Waals surface area contributed by atoms with Crippen LogP contribution in [0.1, 0.15) is 6.42 Å². The van der Waals surface area contributed by atoms with E-state index in [1.807, 2.05) is 0 Å². The smallest absolute Gasteiger partial charge is 0.221 e. The lowest BCUT2D eigenvalue weighted by atomic mass is 10.4. The number of amides is 1. The minimum absolute atomic E-state index is 0.0889. The van der Waals surface area contributed by atoms with E-state index >= 15 is 0 Å². The van der Waals surface area contributed by atoms with E-state index in [0.717, 1.165) is 0 Å². The molecule has 4 N–H and O–H groups in total. The van der Waals surface area contributed by atoms with Gasteiger partial charge in [0, 0.05) is 19.5 Å². The Morgan fingerprint density at radius 2 is 2.36 bits per heavy atom. The predicted octanol–water partition coefficient (Wildman–Crippen LogP) is -1.58. The van der Waals surface area contributed by atoms with Gasteiger partial charge in [-0.3, -0.25) is 4.79 Å². The van der Waals surface area contributed by atoms with Gasteiger partial charge in [0.1, 0.15) is 6.79 Å². The Bertz CT molecular complexity index is 108. The van der Waals surface area contributed by atoms with Crippen molar-refractivity contribution in [3.63, 3.8) is 0 Å². The van der Waals surface area contributed by atoms with Crippen LogP contribution in [0.2, 0.25) is 0 Å². The number of aliphatic hydroxyl groups is 1. The molecule has 0 saturated heterocycles. The Labute approximate surface area is 65.5 Å². The number of hydrogen-bond donors (Lipinski definition) is 3. The maximum Gasteiger partial charge on any atom is 0.221 e. The topological polar surface area (TPSA) is 84.6 Å². The van der Waals surface area contributed by atoms with Gasteiger partial charge in [0.05, 0.1) is 6.61 Å². The van der Waals surface area contributed by atoms with Crippen molar-refractivity contribution in [2.24, 2.45) is 5.73 Å². The molecule has 11 heavy (non-hydrogen) atoms. The third-order valence-electron chi connectivity index (χ3n) is 1.03. The number of carbonyl (C=O) groups is 1. The van der Waals surface area contributed by atoms with Crippen LogP contribution in [-0.4, -0.2) is 37.5 Å². The van der Waals surface area contributed by atoms with E-state index in [2.05, 4.69) is 10.1 Å². The van der Waals surface area contributed by atoms with Gasteiger partial charge in [0.2, 0.25) is 5.91 Å². The Morgan fingerprint density at radius 3 is 2.91 bits per heavy atom. The molecule has 66 valence electrons. The van der Waals surface area contributed by atoms with Crippen LogP contribution in [0.4, 0.5) is 0 Å². The maximum absolute atomic E-state index is 10.7. The summed E-state index contributed by atoms with van der Waals surface area (Å²) < 4.78 is 4.57. The first-order valence-corrected chi connectivity index (χ1v) is 3.46. The second-order valence-electron chi connectivity index (χ2n) is 1.93. The molecule has 0 atom stereocenters. The van der Waals surface area contributed by atoms with Gasteiger partial charge in [-0.2, -0.15) is 0 Å². The van der Waals surface area contributed by atoms with Gasteiger partial charge in [0.25, 0.3) is 0 Å². The van der Waals surface area contributed by atoms with E-state index in [1.54, 1.807) is 0 Å². The van der Waals surface area contributed by atoms with Gasteiger partial charge in [0.15, 0.2) is 0 Å². The molecular weight excluding hydrogens is 148 g/mol. The van der Waals surface area contributed by atoms with Crippen molar-refractivity contribution in [2.75, 3.05) is 26.5 Å². The standard InChI is InChI=1S/C6H14N2O3/c7-2-1-6(10)8-3-4-11-5-9/h9H,1-5,7H2,(H,8,10). The van der Waals surface area contributed by atoms with Crippen LogP contribution >= 0.6 is 0 Å². The molecule has 0 aliphatic carbocycles. The summed E-state index contributed by atoms with van der Waals surface area (Å²) in [5, 5.41) is 10.7. The predicted molar refractivity (Wildman–Crippen MR) is 39.7 cm³/mol. The van der Waals surface area contributed by atoms with E-state index in [4.69, 9.17) is 10.8 Å². The number of rotatable bonds is 6. The van der Waals surface area contributed by atoms with Crippen LogP contribution in [0.5, 0.6) is 0 Å². The third-order valence-corrected chi connectivity index (χ3v) is 1.03. The molecule has 5 heteroatoms. The van der Waals surface area contributed by atoms with Crippen molar-refractivity contribution in [1.82, 2.24) is 5.32 Å². The number of aliphatic hydroxyl groups excluding tert-OH is 1. The number of nitrogens with one attached hydrogen (secondary N) is 1. The van der Waals surface area contributed by atoms with E-state index in [9.17, 15) is 4.79 Å². The fraction of sp³-hybridized carbons (Fsp3) is 0.833. The second-order valence-corrected chi connectivity index (χ2v) is 1.93. The third kappa shape index (κ3) is 7.24. The van der Waals surface area contributed by atoms with E-state index in [0.29, 0.717) is 26.1 Å². The SMILES string of the molecule is NCCC(=O)NCCOCO. The van der Waals surface area contributed by atoms with Crippen LogP contribution in [0.3, 0.4) is 0 Å². The summed E-state index contributed by atoms with van der Waals surface area (Å²) in [6.07, 6.45) is 0.332. The molecule has 5 nitrogen and oxygen atoms in total. The van der Waals surface area contributed by atoms with Crippen LogP contribution < -0.4 is 11.1 Å². The number of carbonyl (C=O) groups excluding carboxylic acids is 1. The van der Waals surface area contributed by atoms with Crippen molar-refractivity contribution in [2.45, 2.75) is 6.42 Å². The highest BCUT2D eigenvalue weighted by Gasteiger charge is 1.96. The summed E-state index contributed by atoms with van der Waals surface area (Å²) in [4.78, 5) is 10.7. The number of ether oxygens (including phenoxy) is 1. The molecule has 0 radical (unpaired) electrons. The summed E-state index contributed by atoms with van der Waals surface area (Å²) in [7, 11) is 0. The quantitative estimate of drug-likeness (QED) is 0.325. The summed E-state index contributed by atoms with van der Waals surface area (Å²) in [5.74, 6) is -0.0889. The molecule has 0 unspecified atom stereocenters. The highest BCUT2D eigenvalue weighted by atomic mass is 16.6. The Hall–Kier alpha value is -0.650. The monoisotopic (exact) mass is 162 g/mol. The summed E-state index contributed by atoms with van der Waals surface area (Å²) in [5.41, 5.74) is 5.13. The van der Waals surface area contributed by atoms with E-state index in [-0.39, 0.29) is 12.7 Å². The Kier molecular flexibility index (Phi) is 7.02. The molecule has 0 heterocycles. The number of hydrogen-bond acceptors (Lipinski definition) is 4. The Balaban J connectivity index is 3.04. The molecule has 0 spiro atoms. The van der Waals surface area contributed by atoms with Gasteiger partial charge in [-0.15, -0.1) is 0 Å². The largest absolute Gasteiger partial charge is 0.371 e. The zero-order valence-electron chi connectivity index (χ0n) is 6.38. The minimum atomic E-state index is -0.313. The Morgan fingerprint density at radius 1 is 1.64 bits per heavy atom. The molecule has 0 aliphatic heterocycles. The van der Waals surface area contributed by atoms with E-state index < -0.39 is 0 Å². The van der Waals surface area contributed by atoms with Gasteiger partial charge < -0.3 is 20.9 Å². The zero-order chi connectivity index (χ0) is 8.53. The fourth-order valence-corrected chi connectivity index (χ4v) is 0.547. The molecule has 0 aromatic heterocycles. The van der Waals surface area contributed by atoms with Crippen molar-refractivity contribution < 1.29 is 14.6 Å². The average molecular weight is 162 g/mol. The highest BCUT2D eigenvalue weighted by Crippen LogP contribution is 1.74. The molecule has 1 amide bonds. The van der Waals surface area contributed by atoms with Crippen molar-refractivity contribution in [3.05, 3.63) is 0 Å². The normalized spacial score (nSPS) is 9.64. The summed E-state index contributed by atoms with van der Waals surface area (Å²) >= 11 is 0. The van der Waals surface area contributed by atoms with Crippen LogP contribution in [0.25, 0.3) is 0 Å². The summed E-state index contributed by atoms with van der Waals surface area (Å²) in [6, 6.07) is 0. The lowest BCUT2D eigenvalue weighted by Gasteiger charge is -2.02. The van der Waals surface area contributed by atoms with Gasteiger partial charge in [-0.25, -0.2) is 0 Å². The average Bonchev–Trinajstić information content (AvgIpc) is 1.99. The van der Waals surface area contributed by atoms with Gasteiger partial charge in [-0.1, -0.05) is 0 Å². The molecule has 0 aromatic rings. The lowest BCUT2D eigenvalue weighted by Crippen LogP contribution is -2.28. The van der Waals surface area contributed by atoms with Crippen LogP contribution in [0, 0.1) is 0 Å². The van der Waals surface area contributed by atoms with Gasteiger partial charge >= 0.3 is 0 Å². The van der Waals surface area contributed by atoms with E-state index in [1.165, 1.54) is 0 Å². The van der Waals surface area contributed by atoms with Crippen molar-refractivity contribution >= 4 is 5.91 Å². The number of nitrogens with two attached hydrogens (primary N) is 1. The van der Waals surface area contributed by atoms with Crippen LogP contribution in [-0.2, 0) is 9.53 Å². The highest BCUT2D eigenvalue weighted by molar-refractivity contribution is 5.75. The zero-order valence-corrected chi connectivity index (χ0v) is 6.38. The van der Waals surface area contributed by atoms with Crippen molar-refractivity contribution in [1.29, 1.82) is 0 Å².